The van der Waals surface area contributed by atoms with E-state index in [2.05, 4.69) is 52.1 Å². The van der Waals surface area contributed by atoms with Gasteiger partial charge < -0.3 is 0 Å². The molecule has 0 aliphatic carbocycles. The Morgan fingerprint density at radius 3 is 3.00 bits per heavy atom. The Bertz CT molecular complexity index is 437. The lowest BCUT2D eigenvalue weighted by Crippen LogP contribution is -1.86. The highest BCUT2D eigenvalue weighted by Gasteiger charge is 1.99. The Labute approximate surface area is 85.9 Å². The second-order valence-electron chi connectivity index (χ2n) is 3.14. The number of benzene rings is 1. The summed E-state index contributed by atoms with van der Waals surface area (Å²) < 4.78 is 0. The monoisotopic (exact) mass is 235 g/mol. The number of nitrogens with zero attached hydrogens (tertiary/aromatic N) is 1. The number of fused-ring (bicyclic) bond motifs is 1. The normalized spacial score (nSPS) is 10.6. The zero-order valence-corrected chi connectivity index (χ0v) is 9.01. The summed E-state index contributed by atoms with van der Waals surface area (Å²) in [6.07, 6.45) is 1.91. The second kappa shape index (κ2) is 3.46. The Kier molecular flexibility index (Phi) is 2.32. The van der Waals surface area contributed by atoms with Crippen molar-refractivity contribution in [3.63, 3.8) is 0 Å². The predicted octanol–water partition coefficient (Wildman–Crippen LogP) is 3.44. The Morgan fingerprint density at radius 1 is 1.38 bits per heavy atom. The van der Waals surface area contributed by atoms with Gasteiger partial charge >= 0.3 is 0 Å². The molecule has 0 fully saturated rings. The van der Waals surface area contributed by atoms with E-state index in [4.69, 9.17) is 0 Å². The number of halogens is 1. The number of alkyl halides is 1. The summed E-state index contributed by atoms with van der Waals surface area (Å²) in [6, 6.07) is 8.43. The Hall–Kier alpha value is -0.890. The van der Waals surface area contributed by atoms with Gasteiger partial charge in [-0.1, -0.05) is 34.1 Å². The van der Waals surface area contributed by atoms with Crippen LogP contribution in [0.5, 0.6) is 0 Å². The smallest absolute Gasteiger partial charge is 0.0742 e. The molecule has 0 bridgehead atoms. The van der Waals surface area contributed by atoms with E-state index >= 15 is 0 Å². The van der Waals surface area contributed by atoms with Gasteiger partial charge in [0.25, 0.3) is 0 Å². The third-order valence-corrected chi connectivity index (χ3v) is 2.68. The van der Waals surface area contributed by atoms with E-state index < -0.39 is 0 Å². The van der Waals surface area contributed by atoms with Crippen molar-refractivity contribution in [2.75, 3.05) is 0 Å². The van der Waals surface area contributed by atoms with Crippen molar-refractivity contribution in [1.82, 2.24) is 4.98 Å². The van der Waals surface area contributed by atoms with E-state index in [-0.39, 0.29) is 0 Å². The molecule has 0 amide bonds. The van der Waals surface area contributed by atoms with E-state index in [1.807, 2.05) is 6.20 Å². The molecule has 0 N–H and O–H groups in total. The van der Waals surface area contributed by atoms with Crippen molar-refractivity contribution in [3.8, 4) is 0 Å². The number of hydrogen-bond donors (Lipinski definition) is 0. The Morgan fingerprint density at radius 2 is 2.23 bits per heavy atom. The van der Waals surface area contributed by atoms with Gasteiger partial charge in [0.15, 0.2) is 0 Å². The van der Waals surface area contributed by atoms with Crippen molar-refractivity contribution in [2.24, 2.45) is 0 Å². The molecule has 0 saturated heterocycles. The van der Waals surface area contributed by atoms with Crippen LogP contribution in [0.25, 0.3) is 10.9 Å². The van der Waals surface area contributed by atoms with Crippen molar-refractivity contribution >= 4 is 26.8 Å². The summed E-state index contributed by atoms with van der Waals surface area (Å²) in [7, 11) is 0. The zero-order chi connectivity index (χ0) is 9.26. The lowest BCUT2D eigenvalue weighted by Gasteiger charge is -2.02. The largest absolute Gasteiger partial charge is 0.256 e. The fourth-order valence-corrected chi connectivity index (χ4v) is 1.89. The quantitative estimate of drug-likeness (QED) is 0.691. The van der Waals surface area contributed by atoms with Gasteiger partial charge in [-0.15, -0.1) is 0 Å². The highest BCUT2D eigenvalue weighted by molar-refractivity contribution is 9.08. The maximum atomic E-state index is 4.42. The molecule has 1 nitrogen and oxygen atoms in total. The fourth-order valence-electron chi connectivity index (χ4n) is 1.44. The standard InChI is InChI=1S/C11H10BrN/c1-8-5-9-3-2-4-10(6-12)11(9)13-7-8/h2-5,7H,6H2,1H3. The fraction of sp³-hybridized carbons (Fsp3) is 0.182. The summed E-state index contributed by atoms with van der Waals surface area (Å²) in [5, 5.41) is 2.08. The molecule has 0 saturated carbocycles. The minimum Gasteiger partial charge on any atom is -0.256 e. The first-order valence-electron chi connectivity index (χ1n) is 4.21. The van der Waals surface area contributed by atoms with Gasteiger partial charge in [0.1, 0.15) is 0 Å². The molecule has 66 valence electrons. The summed E-state index contributed by atoms with van der Waals surface area (Å²) in [5.41, 5.74) is 3.56. The molecular weight excluding hydrogens is 226 g/mol. The number of aromatic nitrogens is 1. The van der Waals surface area contributed by atoms with E-state index in [0.29, 0.717) is 0 Å². The molecule has 2 aromatic rings. The summed E-state index contributed by atoms with van der Waals surface area (Å²) in [4.78, 5) is 4.42. The van der Waals surface area contributed by atoms with Gasteiger partial charge in [0.05, 0.1) is 5.52 Å². The van der Waals surface area contributed by atoms with Gasteiger partial charge in [-0.25, -0.2) is 0 Å². The summed E-state index contributed by atoms with van der Waals surface area (Å²) in [6.45, 7) is 2.06. The van der Waals surface area contributed by atoms with E-state index in [9.17, 15) is 0 Å². The van der Waals surface area contributed by atoms with Crippen LogP contribution >= 0.6 is 15.9 Å². The van der Waals surface area contributed by atoms with Crippen molar-refractivity contribution in [3.05, 3.63) is 41.6 Å². The van der Waals surface area contributed by atoms with Crippen molar-refractivity contribution in [1.29, 1.82) is 0 Å². The highest BCUT2D eigenvalue weighted by atomic mass is 79.9. The van der Waals surface area contributed by atoms with Crippen LogP contribution in [0.15, 0.2) is 30.5 Å². The Balaban J connectivity index is 2.77. The van der Waals surface area contributed by atoms with Crippen LogP contribution in [0.3, 0.4) is 0 Å². The van der Waals surface area contributed by atoms with Gasteiger partial charge in [0, 0.05) is 16.9 Å². The van der Waals surface area contributed by atoms with Crippen LogP contribution in [0.1, 0.15) is 11.1 Å². The van der Waals surface area contributed by atoms with Crippen molar-refractivity contribution in [2.45, 2.75) is 12.3 Å². The molecule has 0 radical (unpaired) electrons. The number of pyridine rings is 1. The maximum Gasteiger partial charge on any atom is 0.0742 e. The molecule has 0 spiro atoms. The van der Waals surface area contributed by atoms with E-state index in [0.717, 1.165) is 10.8 Å². The molecule has 0 aliphatic rings. The van der Waals surface area contributed by atoms with Crippen LogP contribution in [-0.4, -0.2) is 4.98 Å². The second-order valence-corrected chi connectivity index (χ2v) is 3.70. The van der Waals surface area contributed by atoms with E-state index in [1.165, 1.54) is 16.5 Å². The molecule has 0 unspecified atom stereocenters. The summed E-state index contributed by atoms with van der Waals surface area (Å²) >= 11 is 3.46. The highest BCUT2D eigenvalue weighted by Crippen LogP contribution is 2.19. The molecule has 2 heteroatoms. The molecule has 0 aliphatic heterocycles. The zero-order valence-electron chi connectivity index (χ0n) is 7.42. The average molecular weight is 236 g/mol. The third kappa shape index (κ3) is 1.59. The third-order valence-electron chi connectivity index (χ3n) is 2.08. The first kappa shape index (κ1) is 8.70. The number of para-hydroxylation sites is 1. The predicted molar refractivity (Wildman–Crippen MR) is 59.1 cm³/mol. The van der Waals surface area contributed by atoms with Crippen LogP contribution in [0, 0.1) is 6.92 Å². The molecule has 13 heavy (non-hydrogen) atoms. The molecular formula is C11H10BrN. The van der Waals surface area contributed by atoms with Crippen LogP contribution in [-0.2, 0) is 5.33 Å². The van der Waals surface area contributed by atoms with Crippen LogP contribution in [0.4, 0.5) is 0 Å². The van der Waals surface area contributed by atoms with Crippen molar-refractivity contribution < 1.29 is 0 Å². The number of aryl methyl sites for hydroxylation is 1. The molecule has 2 rings (SSSR count). The molecule has 1 aromatic carbocycles. The average Bonchev–Trinajstić information content (AvgIpc) is 2.16. The topological polar surface area (TPSA) is 12.9 Å². The molecule has 1 heterocycles. The van der Waals surface area contributed by atoms with Gasteiger partial charge in [-0.2, -0.15) is 0 Å². The van der Waals surface area contributed by atoms with Gasteiger partial charge in [-0.3, -0.25) is 4.98 Å². The minimum atomic E-state index is 0.862. The summed E-state index contributed by atoms with van der Waals surface area (Å²) in [5.74, 6) is 0. The van der Waals surface area contributed by atoms with Gasteiger partial charge in [0.2, 0.25) is 0 Å². The number of rotatable bonds is 1. The van der Waals surface area contributed by atoms with Crippen LogP contribution < -0.4 is 0 Å². The lowest BCUT2D eigenvalue weighted by molar-refractivity contribution is 1.30. The SMILES string of the molecule is Cc1cnc2c(CBr)cccc2c1. The first-order chi connectivity index (χ1) is 6.31. The first-order valence-corrected chi connectivity index (χ1v) is 5.33. The minimum absolute atomic E-state index is 0.862. The van der Waals surface area contributed by atoms with E-state index in [1.54, 1.807) is 0 Å². The van der Waals surface area contributed by atoms with Gasteiger partial charge in [-0.05, 0) is 24.1 Å². The molecule has 1 aromatic heterocycles. The number of hydrogen-bond acceptors (Lipinski definition) is 1. The lowest BCUT2D eigenvalue weighted by atomic mass is 10.1. The molecule has 0 atom stereocenters. The maximum absolute atomic E-state index is 4.42. The van der Waals surface area contributed by atoms with Crippen LogP contribution in [0.2, 0.25) is 0 Å².